The second-order valence-electron chi connectivity index (χ2n) is 4.67. The van der Waals surface area contributed by atoms with E-state index in [1.54, 1.807) is 24.9 Å². The number of halogens is 1. The van der Waals surface area contributed by atoms with Crippen molar-refractivity contribution in [2.24, 2.45) is 19.1 Å². The van der Waals surface area contributed by atoms with Gasteiger partial charge in [0.1, 0.15) is 5.69 Å². The standard InChI is InChI=1S/C14H13BrN4O/c1-18-12(13(20)19(2)14(18)16)5-8-7-17-11-4-3-9(15)6-10(8)11/h3-7,16,20H,1-2H3/b8-5+,16-14?. The molecule has 2 heterocycles. The Balaban J connectivity index is 2.18. The molecule has 5 nitrogen and oxygen atoms in total. The summed E-state index contributed by atoms with van der Waals surface area (Å²) in [5, 5.41) is 17.9. The minimum atomic E-state index is 0.0712. The van der Waals surface area contributed by atoms with E-state index in [4.69, 9.17) is 5.41 Å². The molecule has 0 fully saturated rings. The topological polar surface area (TPSA) is 66.3 Å². The Hall–Kier alpha value is -2.08. The monoisotopic (exact) mass is 332 g/mol. The summed E-state index contributed by atoms with van der Waals surface area (Å²) in [6, 6.07) is 5.88. The van der Waals surface area contributed by atoms with Gasteiger partial charge < -0.3 is 9.67 Å². The highest BCUT2D eigenvalue weighted by molar-refractivity contribution is 9.10. The molecule has 3 rings (SSSR count). The summed E-state index contributed by atoms with van der Waals surface area (Å²) >= 11 is 3.45. The van der Waals surface area contributed by atoms with Crippen molar-refractivity contribution in [2.75, 3.05) is 0 Å². The van der Waals surface area contributed by atoms with Gasteiger partial charge in [0.05, 0.1) is 5.69 Å². The van der Waals surface area contributed by atoms with Gasteiger partial charge in [-0.3, -0.25) is 15.0 Å². The molecule has 1 aromatic heterocycles. The molecule has 0 radical (unpaired) electrons. The Morgan fingerprint density at radius 2 is 2.05 bits per heavy atom. The van der Waals surface area contributed by atoms with Crippen LogP contribution in [0.25, 0.3) is 11.6 Å². The van der Waals surface area contributed by atoms with Gasteiger partial charge in [0.15, 0.2) is 0 Å². The number of allylic oxidation sites excluding steroid dienone is 1. The highest BCUT2D eigenvalue weighted by Gasteiger charge is 2.16. The van der Waals surface area contributed by atoms with Crippen LogP contribution in [0.5, 0.6) is 5.88 Å². The zero-order valence-corrected chi connectivity index (χ0v) is 12.6. The van der Waals surface area contributed by atoms with Crippen molar-refractivity contribution in [3.8, 4) is 5.88 Å². The van der Waals surface area contributed by atoms with Crippen LogP contribution in [0.15, 0.2) is 27.7 Å². The van der Waals surface area contributed by atoms with Crippen LogP contribution in [-0.2, 0) is 14.1 Å². The third-order valence-corrected chi connectivity index (χ3v) is 3.94. The second kappa shape index (κ2) is 4.49. The number of aliphatic imine (C=N–C) groups is 1. The average molecular weight is 333 g/mol. The lowest BCUT2D eigenvalue weighted by Crippen LogP contribution is -2.20. The van der Waals surface area contributed by atoms with Crippen molar-refractivity contribution in [3.63, 3.8) is 0 Å². The minimum absolute atomic E-state index is 0.0712. The van der Waals surface area contributed by atoms with E-state index in [0.29, 0.717) is 5.69 Å². The molecular weight excluding hydrogens is 320 g/mol. The first-order chi connectivity index (χ1) is 9.49. The quantitative estimate of drug-likeness (QED) is 0.828. The van der Waals surface area contributed by atoms with Crippen LogP contribution in [-0.4, -0.2) is 20.5 Å². The molecule has 2 aromatic rings. The van der Waals surface area contributed by atoms with Crippen molar-refractivity contribution < 1.29 is 5.11 Å². The number of fused-ring (bicyclic) bond motifs is 1. The van der Waals surface area contributed by atoms with Gasteiger partial charge in [0.25, 0.3) is 0 Å². The van der Waals surface area contributed by atoms with Crippen molar-refractivity contribution >= 4 is 39.5 Å². The summed E-state index contributed by atoms with van der Waals surface area (Å²) in [6.07, 6.45) is 3.61. The van der Waals surface area contributed by atoms with Crippen molar-refractivity contribution in [1.82, 2.24) is 9.13 Å². The van der Waals surface area contributed by atoms with Gasteiger partial charge in [-0.1, -0.05) is 15.9 Å². The van der Waals surface area contributed by atoms with E-state index in [0.717, 1.165) is 21.3 Å². The molecular formula is C14H13BrN4O. The lowest BCUT2D eigenvalue weighted by molar-refractivity contribution is 0.427. The van der Waals surface area contributed by atoms with E-state index >= 15 is 0 Å². The highest BCUT2D eigenvalue weighted by atomic mass is 79.9. The predicted molar refractivity (Wildman–Crippen MR) is 82.1 cm³/mol. The third-order valence-electron chi connectivity index (χ3n) is 3.45. The lowest BCUT2D eigenvalue weighted by Gasteiger charge is -2.02. The summed E-state index contributed by atoms with van der Waals surface area (Å²) in [4.78, 5) is 4.35. The number of nitrogens with zero attached hydrogens (tertiary/aromatic N) is 3. The maximum atomic E-state index is 10.1. The minimum Gasteiger partial charge on any atom is -0.493 e. The molecule has 102 valence electrons. The average Bonchev–Trinajstić information content (AvgIpc) is 2.90. The molecule has 6 heteroatoms. The Bertz CT molecular complexity index is 826. The molecule has 0 saturated heterocycles. The maximum Gasteiger partial charge on any atom is 0.218 e. The van der Waals surface area contributed by atoms with Gasteiger partial charge in [-0.2, -0.15) is 0 Å². The molecule has 0 aliphatic carbocycles. The Morgan fingerprint density at radius 1 is 1.30 bits per heavy atom. The second-order valence-corrected chi connectivity index (χ2v) is 5.59. The number of rotatable bonds is 1. The van der Waals surface area contributed by atoms with E-state index < -0.39 is 0 Å². The van der Waals surface area contributed by atoms with Crippen LogP contribution in [0, 0.1) is 5.41 Å². The summed E-state index contributed by atoms with van der Waals surface area (Å²) in [7, 11) is 3.41. The predicted octanol–water partition coefficient (Wildman–Crippen LogP) is 2.57. The Morgan fingerprint density at radius 3 is 2.70 bits per heavy atom. The highest BCUT2D eigenvalue weighted by Crippen LogP contribution is 2.35. The largest absolute Gasteiger partial charge is 0.493 e. The summed E-state index contributed by atoms with van der Waals surface area (Å²) < 4.78 is 4.04. The first kappa shape index (κ1) is 12.9. The molecule has 0 atom stereocenters. The number of hydrogen-bond donors (Lipinski definition) is 2. The molecule has 0 bridgehead atoms. The molecule has 0 unspecified atom stereocenters. The van der Waals surface area contributed by atoms with Crippen LogP contribution in [0.4, 0.5) is 5.69 Å². The Labute approximate surface area is 124 Å². The number of benzene rings is 1. The van der Waals surface area contributed by atoms with E-state index in [1.807, 2.05) is 24.3 Å². The SMILES string of the molecule is Cn1c(O)c(/C=C2\C=Nc3ccc(Br)cc32)n(C)c1=N. The van der Waals surface area contributed by atoms with Crippen LogP contribution in [0.3, 0.4) is 0 Å². The summed E-state index contributed by atoms with van der Waals surface area (Å²) in [6.45, 7) is 0. The van der Waals surface area contributed by atoms with Crippen LogP contribution in [0.2, 0.25) is 0 Å². The number of aromatic nitrogens is 2. The van der Waals surface area contributed by atoms with Gasteiger partial charge in [0.2, 0.25) is 11.5 Å². The molecule has 0 amide bonds. The van der Waals surface area contributed by atoms with E-state index in [-0.39, 0.29) is 11.5 Å². The van der Waals surface area contributed by atoms with E-state index in [9.17, 15) is 5.11 Å². The van der Waals surface area contributed by atoms with E-state index in [1.165, 1.54) is 4.57 Å². The molecule has 1 aliphatic rings. The van der Waals surface area contributed by atoms with Gasteiger partial charge in [0, 0.05) is 35.9 Å². The summed E-state index contributed by atoms with van der Waals surface area (Å²) in [5.41, 5.74) is 3.65. The van der Waals surface area contributed by atoms with Crippen molar-refractivity contribution in [1.29, 1.82) is 5.41 Å². The van der Waals surface area contributed by atoms with Crippen LogP contribution >= 0.6 is 15.9 Å². The van der Waals surface area contributed by atoms with E-state index in [2.05, 4.69) is 20.9 Å². The van der Waals surface area contributed by atoms with Gasteiger partial charge >= 0.3 is 0 Å². The fourth-order valence-electron chi connectivity index (χ4n) is 2.25. The number of nitrogens with one attached hydrogen (secondary N) is 1. The number of aromatic hydroxyl groups is 1. The molecule has 1 aromatic carbocycles. The smallest absolute Gasteiger partial charge is 0.218 e. The zero-order valence-electron chi connectivity index (χ0n) is 11.1. The summed E-state index contributed by atoms with van der Waals surface area (Å²) in [5.74, 6) is 0.0712. The number of imidazole rings is 1. The molecule has 2 N–H and O–H groups in total. The molecule has 0 spiro atoms. The third kappa shape index (κ3) is 1.84. The maximum absolute atomic E-state index is 10.1. The fourth-order valence-corrected chi connectivity index (χ4v) is 2.61. The molecule has 0 saturated carbocycles. The number of hydrogen-bond acceptors (Lipinski definition) is 3. The van der Waals surface area contributed by atoms with Crippen LogP contribution in [0.1, 0.15) is 11.3 Å². The zero-order chi connectivity index (χ0) is 14.4. The lowest BCUT2D eigenvalue weighted by atomic mass is 10.1. The molecule has 1 aliphatic heterocycles. The normalized spacial score (nSPS) is 15.1. The van der Waals surface area contributed by atoms with Crippen LogP contribution < -0.4 is 5.62 Å². The first-order valence-corrected chi connectivity index (χ1v) is 6.83. The van der Waals surface area contributed by atoms with Gasteiger partial charge in [-0.15, -0.1) is 0 Å². The molecule has 20 heavy (non-hydrogen) atoms. The fraction of sp³-hybridized carbons (Fsp3) is 0.143. The Kier molecular flexibility index (Phi) is 2.90. The van der Waals surface area contributed by atoms with Gasteiger partial charge in [-0.25, -0.2) is 0 Å². The first-order valence-electron chi connectivity index (χ1n) is 6.04. The van der Waals surface area contributed by atoms with Crippen molar-refractivity contribution in [2.45, 2.75) is 0 Å². The van der Waals surface area contributed by atoms with Gasteiger partial charge in [-0.05, 0) is 24.3 Å². The van der Waals surface area contributed by atoms with Crippen molar-refractivity contribution in [3.05, 3.63) is 39.5 Å².